The summed E-state index contributed by atoms with van der Waals surface area (Å²) in [5.41, 5.74) is 3.97. The molecule has 5 nitrogen and oxygen atoms in total. The molecule has 180 valence electrons. The predicted octanol–water partition coefficient (Wildman–Crippen LogP) is 6.55. The summed E-state index contributed by atoms with van der Waals surface area (Å²) in [6, 6.07) is 18.6. The molecule has 0 saturated carbocycles. The summed E-state index contributed by atoms with van der Waals surface area (Å²) in [6.07, 6.45) is 0. The van der Waals surface area contributed by atoms with E-state index in [0.717, 1.165) is 22.4 Å². The van der Waals surface area contributed by atoms with Gasteiger partial charge in [0, 0.05) is 27.6 Å². The summed E-state index contributed by atoms with van der Waals surface area (Å²) in [5.74, 6) is -0.503. The second kappa shape index (κ2) is 8.57. The standard InChI is InChI=1S/C27H25ClFN3O2S/c1-17-4-13-23-22(14-17)27(24(33)31(23)15-18-5-9-20(29)10-6-18)32(16-26(2,3)35-27)25(34)30-21-11-7-19(28)8-12-21/h4-14H,15-16H2,1-3H3,(H,30,34)/t27-/m1/s1. The number of carbonyl (C=O) groups is 2. The fraction of sp³-hybridized carbons (Fsp3) is 0.259. The zero-order valence-corrected chi connectivity index (χ0v) is 21.2. The van der Waals surface area contributed by atoms with Gasteiger partial charge in [0.05, 0.1) is 12.2 Å². The van der Waals surface area contributed by atoms with Crippen LogP contribution in [-0.4, -0.2) is 28.1 Å². The highest BCUT2D eigenvalue weighted by Crippen LogP contribution is 2.60. The highest BCUT2D eigenvalue weighted by Gasteiger charge is 2.63. The maximum Gasteiger partial charge on any atom is 0.323 e. The van der Waals surface area contributed by atoms with E-state index in [2.05, 4.69) is 5.32 Å². The summed E-state index contributed by atoms with van der Waals surface area (Å²) >= 11 is 7.49. The Morgan fingerprint density at radius 2 is 1.77 bits per heavy atom. The molecule has 1 spiro atoms. The molecule has 0 radical (unpaired) electrons. The summed E-state index contributed by atoms with van der Waals surface area (Å²) in [4.78, 5) is 30.1. The van der Waals surface area contributed by atoms with E-state index in [-0.39, 0.29) is 29.0 Å². The molecule has 1 atom stereocenters. The van der Waals surface area contributed by atoms with Crippen LogP contribution in [0.4, 0.5) is 20.6 Å². The molecule has 1 N–H and O–H groups in total. The molecule has 0 bridgehead atoms. The number of hydrogen-bond acceptors (Lipinski definition) is 3. The number of nitrogens with zero attached hydrogens (tertiary/aromatic N) is 2. The van der Waals surface area contributed by atoms with Gasteiger partial charge in [-0.1, -0.05) is 41.4 Å². The van der Waals surface area contributed by atoms with Crippen LogP contribution in [0.2, 0.25) is 5.02 Å². The van der Waals surface area contributed by atoms with Crippen LogP contribution in [0.15, 0.2) is 66.7 Å². The molecular formula is C27H25ClFN3O2S. The van der Waals surface area contributed by atoms with Crippen molar-refractivity contribution in [2.75, 3.05) is 16.8 Å². The van der Waals surface area contributed by atoms with E-state index in [1.54, 1.807) is 46.2 Å². The number of nitrogens with one attached hydrogen (secondary N) is 1. The molecule has 3 amide bonds. The van der Waals surface area contributed by atoms with Crippen LogP contribution in [0, 0.1) is 12.7 Å². The maximum absolute atomic E-state index is 14.3. The number of halogens is 2. The van der Waals surface area contributed by atoms with E-state index < -0.39 is 4.87 Å². The zero-order valence-electron chi connectivity index (χ0n) is 19.6. The number of thioether (sulfide) groups is 1. The Kier molecular flexibility index (Phi) is 5.80. The number of urea groups is 1. The Bertz CT molecular complexity index is 1310. The molecule has 3 aromatic carbocycles. The molecule has 2 aliphatic heterocycles. The number of aryl methyl sites for hydroxylation is 1. The second-order valence-corrected chi connectivity index (χ2v) is 11.9. The van der Waals surface area contributed by atoms with Gasteiger partial charge in [-0.05, 0) is 68.8 Å². The molecule has 0 unspecified atom stereocenters. The van der Waals surface area contributed by atoms with Crippen LogP contribution in [0.1, 0.15) is 30.5 Å². The van der Waals surface area contributed by atoms with Gasteiger partial charge < -0.3 is 10.2 Å². The Hall–Kier alpha value is -3.03. The van der Waals surface area contributed by atoms with Crippen LogP contribution >= 0.6 is 23.4 Å². The van der Waals surface area contributed by atoms with Crippen molar-refractivity contribution in [2.45, 2.75) is 36.9 Å². The second-order valence-electron chi connectivity index (χ2n) is 9.57. The van der Waals surface area contributed by atoms with Crippen molar-refractivity contribution < 1.29 is 14.0 Å². The van der Waals surface area contributed by atoms with Gasteiger partial charge in [0.15, 0.2) is 4.87 Å². The van der Waals surface area contributed by atoms with Crippen molar-refractivity contribution in [3.8, 4) is 0 Å². The Labute approximate surface area is 213 Å². The monoisotopic (exact) mass is 509 g/mol. The van der Waals surface area contributed by atoms with Gasteiger partial charge in [0.1, 0.15) is 5.82 Å². The van der Waals surface area contributed by atoms with Crippen LogP contribution < -0.4 is 10.2 Å². The van der Waals surface area contributed by atoms with Crippen molar-refractivity contribution in [1.29, 1.82) is 0 Å². The van der Waals surface area contributed by atoms with Crippen molar-refractivity contribution >= 4 is 46.7 Å². The largest absolute Gasteiger partial charge is 0.323 e. The first kappa shape index (κ1) is 23.7. The van der Waals surface area contributed by atoms with Crippen molar-refractivity contribution in [1.82, 2.24) is 4.90 Å². The molecule has 35 heavy (non-hydrogen) atoms. The zero-order chi connectivity index (χ0) is 25.0. The average molecular weight is 510 g/mol. The molecule has 2 heterocycles. The number of hydrogen-bond donors (Lipinski definition) is 1. The molecule has 0 aromatic heterocycles. The molecule has 5 rings (SSSR count). The number of fused-ring (bicyclic) bond motifs is 2. The Morgan fingerprint density at radius 3 is 2.46 bits per heavy atom. The number of benzene rings is 3. The average Bonchev–Trinajstić information content (AvgIpc) is 3.23. The quantitative estimate of drug-likeness (QED) is 0.435. The first-order valence-electron chi connectivity index (χ1n) is 11.3. The molecule has 3 aromatic rings. The molecule has 2 aliphatic rings. The highest BCUT2D eigenvalue weighted by atomic mass is 35.5. The van der Waals surface area contributed by atoms with Gasteiger partial charge in [-0.3, -0.25) is 9.69 Å². The lowest BCUT2D eigenvalue weighted by atomic mass is 10.0. The van der Waals surface area contributed by atoms with Crippen LogP contribution in [0.3, 0.4) is 0 Å². The Morgan fingerprint density at radius 1 is 1.09 bits per heavy atom. The SMILES string of the molecule is Cc1ccc2c(c1)[C@@]1(SC(C)(C)CN1C(=O)Nc1ccc(Cl)cc1)C(=O)N2Cc1ccc(F)cc1. The lowest BCUT2D eigenvalue weighted by Crippen LogP contribution is -2.51. The van der Waals surface area contributed by atoms with Gasteiger partial charge in [0.25, 0.3) is 5.91 Å². The lowest BCUT2D eigenvalue weighted by molar-refractivity contribution is -0.123. The van der Waals surface area contributed by atoms with E-state index in [0.29, 0.717) is 17.3 Å². The normalized spacial score (nSPS) is 20.4. The van der Waals surface area contributed by atoms with E-state index in [9.17, 15) is 14.0 Å². The third kappa shape index (κ3) is 4.17. The highest BCUT2D eigenvalue weighted by molar-refractivity contribution is 8.02. The van der Waals surface area contributed by atoms with Gasteiger partial charge in [0.2, 0.25) is 0 Å². The van der Waals surface area contributed by atoms with E-state index in [1.807, 2.05) is 39.0 Å². The van der Waals surface area contributed by atoms with Crippen molar-refractivity contribution in [3.63, 3.8) is 0 Å². The van der Waals surface area contributed by atoms with E-state index in [1.165, 1.54) is 23.9 Å². The number of anilines is 2. The maximum atomic E-state index is 14.3. The minimum Gasteiger partial charge on any atom is -0.308 e. The Balaban J connectivity index is 1.57. The van der Waals surface area contributed by atoms with Gasteiger partial charge in [-0.15, -0.1) is 11.8 Å². The van der Waals surface area contributed by atoms with Gasteiger partial charge in [-0.25, -0.2) is 9.18 Å². The smallest absolute Gasteiger partial charge is 0.308 e. The van der Waals surface area contributed by atoms with E-state index in [4.69, 9.17) is 11.6 Å². The van der Waals surface area contributed by atoms with Crippen LogP contribution in [0.5, 0.6) is 0 Å². The predicted molar refractivity (Wildman–Crippen MR) is 139 cm³/mol. The van der Waals surface area contributed by atoms with Crippen molar-refractivity contribution in [3.05, 3.63) is 94.3 Å². The third-order valence-corrected chi connectivity index (χ3v) is 8.12. The lowest BCUT2D eigenvalue weighted by Gasteiger charge is -2.33. The molecule has 1 saturated heterocycles. The summed E-state index contributed by atoms with van der Waals surface area (Å²) in [6.45, 7) is 6.73. The summed E-state index contributed by atoms with van der Waals surface area (Å²) in [5, 5.41) is 3.51. The third-order valence-electron chi connectivity index (χ3n) is 6.28. The number of carbonyl (C=O) groups excluding carboxylic acids is 2. The van der Waals surface area contributed by atoms with Crippen LogP contribution in [0.25, 0.3) is 0 Å². The fourth-order valence-corrected chi connectivity index (χ4v) is 6.62. The summed E-state index contributed by atoms with van der Waals surface area (Å²) in [7, 11) is 0. The van der Waals surface area contributed by atoms with Gasteiger partial charge >= 0.3 is 6.03 Å². The van der Waals surface area contributed by atoms with Crippen LogP contribution in [-0.2, 0) is 16.2 Å². The molecule has 0 aliphatic carbocycles. The van der Waals surface area contributed by atoms with Crippen molar-refractivity contribution in [2.24, 2.45) is 0 Å². The molecule has 8 heteroatoms. The minimum absolute atomic E-state index is 0.177. The molecular weight excluding hydrogens is 485 g/mol. The number of rotatable bonds is 3. The van der Waals surface area contributed by atoms with E-state index >= 15 is 0 Å². The van der Waals surface area contributed by atoms with Gasteiger partial charge in [-0.2, -0.15) is 0 Å². The number of amides is 3. The first-order chi connectivity index (χ1) is 16.6. The fourth-order valence-electron chi connectivity index (χ4n) is 4.77. The topological polar surface area (TPSA) is 52.7 Å². The summed E-state index contributed by atoms with van der Waals surface area (Å²) < 4.78 is 13.1. The molecule has 1 fully saturated rings. The minimum atomic E-state index is -1.21. The first-order valence-corrected chi connectivity index (χ1v) is 12.5.